The highest BCUT2D eigenvalue weighted by Gasteiger charge is 2.73. The highest BCUT2D eigenvalue weighted by atomic mass is 32.2. The maximum atomic E-state index is 13.7. The number of thioether (sulfide) groups is 2. The van der Waals surface area contributed by atoms with Crippen molar-refractivity contribution in [2.45, 2.75) is 71.7 Å². The topological polar surface area (TPSA) is 242 Å². The summed E-state index contributed by atoms with van der Waals surface area (Å²) in [6.45, 7) is -0.210. The molecule has 0 radical (unpaired) electrons. The van der Waals surface area contributed by atoms with Crippen molar-refractivity contribution >= 4 is 35.5 Å². The number of nitrogens with one attached hydrogen (secondary N) is 2. The molecule has 39 heavy (non-hydrogen) atoms. The van der Waals surface area contributed by atoms with E-state index in [9.17, 15) is 50.4 Å². The van der Waals surface area contributed by atoms with E-state index < -0.39 is 96.8 Å². The molecule has 5 aliphatic rings. The number of hydrogen-bond donors (Lipinski definition) is 10. The fraction of sp³-hybridized carbons (Fsp3) is 0.905. The summed E-state index contributed by atoms with van der Waals surface area (Å²) in [5, 5.41) is 85.7. The third kappa shape index (κ3) is 4.58. The summed E-state index contributed by atoms with van der Waals surface area (Å²) in [5.74, 6) is 0.316. The van der Waals surface area contributed by atoms with Crippen LogP contribution in [0.1, 0.15) is 0 Å². The predicted molar refractivity (Wildman–Crippen MR) is 132 cm³/mol. The van der Waals surface area contributed by atoms with Crippen LogP contribution in [0.4, 0.5) is 4.79 Å². The summed E-state index contributed by atoms with van der Waals surface area (Å²) >= 11 is 2.88. The van der Waals surface area contributed by atoms with E-state index in [1.807, 2.05) is 4.90 Å². The van der Waals surface area contributed by atoms with Gasteiger partial charge >= 0.3 is 6.03 Å². The summed E-state index contributed by atoms with van der Waals surface area (Å²) in [5.41, 5.74) is 0. The summed E-state index contributed by atoms with van der Waals surface area (Å²) in [6.07, 6.45) is -12.0. The molecule has 5 aliphatic heterocycles. The van der Waals surface area contributed by atoms with Crippen molar-refractivity contribution in [3.8, 4) is 0 Å². The third-order valence-corrected chi connectivity index (χ3v) is 11.8. The molecule has 16 nitrogen and oxygen atoms in total. The van der Waals surface area contributed by atoms with Crippen molar-refractivity contribution in [2.75, 3.05) is 44.4 Å². The molecule has 222 valence electrons. The average molecular weight is 600 g/mol. The molecular weight excluding hydrogens is 564 g/mol. The number of amides is 3. The number of carbonyl (C=O) groups excluding carboxylic acids is 2. The zero-order valence-corrected chi connectivity index (χ0v) is 22.4. The van der Waals surface area contributed by atoms with Crippen molar-refractivity contribution in [2.24, 2.45) is 0 Å². The van der Waals surface area contributed by atoms with Gasteiger partial charge in [0.05, 0.1) is 32.1 Å². The third-order valence-electron chi connectivity index (χ3n) is 8.29. The number of ether oxygens (including phenoxy) is 2. The quantitative estimate of drug-likeness (QED) is 0.132. The van der Waals surface area contributed by atoms with Gasteiger partial charge < -0.3 is 55.6 Å². The number of quaternary nitrogens is 1. The maximum absolute atomic E-state index is 13.7. The highest BCUT2D eigenvalue weighted by Crippen LogP contribution is 2.60. The van der Waals surface area contributed by atoms with Gasteiger partial charge in [-0.15, -0.1) is 0 Å². The molecule has 0 aliphatic carbocycles. The minimum Gasteiger partial charge on any atom is -0.394 e. The van der Waals surface area contributed by atoms with Crippen LogP contribution in [0, 0.1) is 0 Å². The van der Waals surface area contributed by atoms with Crippen LogP contribution in [0.2, 0.25) is 0 Å². The van der Waals surface area contributed by atoms with Crippen molar-refractivity contribution in [1.82, 2.24) is 15.5 Å². The molecule has 5 saturated heterocycles. The van der Waals surface area contributed by atoms with Gasteiger partial charge in [-0.25, -0.2) is 14.2 Å². The minimum absolute atomic E-state index is 0.129. The summed E-state index contributed by atoms with van der Waals surface area (Å²) in [4.78, 5) is 29.0. The Hall–Kier alpha value is -0.840. The van der Waals surface area contributed by atoms with Crippen LogP contribution in [0.3, 0.4) is 0 Å². The van der Waals surface area contributed by atoms with Crippen LogP contribution < -0.4 is 10.6 Å². The smallest absolute Gasteiger partial charge is 0.394 e. The van der Waals surface area contributed by atoms with Crippen LogP contribution in [-0.4, -0.2) is 178 Å². The lowest BCUT2D eigenvalue weighted by Crippen LogP contribution is -2.70. The van der Waals surface area contributed by atoms with Gasteiger partial charge in [-0.1, -0.05) is 23.5 Å². The van der Waals surface area contributed by atoms with E-state index >= 15 is 0 Å². The molecule has 0 aromatic heterocycles. The van der Waals surface area contributed by atoms with Crippen LogP contribution in [0.15, 0.2) is 0 Å². The number of nitrogens with zero attached hydrogens (tertiary/aromatic N) is 2. The van der Waals surface area contributed by atoms with E-state index in [2.05, 4.69) is 10.6 Å². The lowest BCUT2D eigenvalue weighted by molar-refractivity contribution is -0.855. The molecule has 3 amide bonds. The molecule has 0 saturated carbocycles. The average Bonchev–Trinajstić information content (AvgIpc) is 3.56. The van der Waals surface area contributed by atoms with E-state index in [-0.39, 0.29) is 10.2 Å². The molecule has 10 N–H and O–H groups in total. The van der Waals surface area contributed by atoms with E-state index in [0.29, 0.717) is 25.4 Å². The Morgan fingerprint density at radius 2 is 1.41 bits per heavy atom. The van der Waals surface area contributed by atoms with Crippen LogP contribution >= 0.6 is 23.5 Å². The summed E-state index contributed by atoms with van der Waals surface area (Å²) in [7, 11) is 0. The van der Waals surface area contributed by atoms with Gasteiger partial charge in [0.1, 0.15) is 61.3 Å². The molecule has 1 spiro atoms. The molecular formula is C21H35N4O12S2+. The van der Waals surface area contributed by atoms with E-state index in [4.69, 9.17) is 9.47 Å². The molecule has 0 aromatic carbocycles. The molecule has 0 aromatic rings. The van der Waals surface area contributed by atoms with Gasteiger partial charge in [0.15, 0.2) is 12.6 Å². The highest BCUT2D eigenvalue weighted by molar-refractivity contribution is 8.18. The Morgan fingerprint density at radius 3 is 1.97 bits per heavy atom. The second kappa shape index (κ2) is 11.1. The van der Waals surface area contributed by atoms with Crippen molar-refractivity contribution < 1.29 is 64.4 Å². The lowest BCUT2D eigenvalue weighted by atomic mass is 9.97. The fourth-order valence-electron chi connectivity index (χ4n) is 6.06. The number of hydrogen-bond acceptors (Lipinski definition) is 15. The Bertz CT molecular complexity index is 957. The molecule has 12 unspecified atom stereocenters. The van der Waals surface area contributed by atoms with Crippen molar-refractivity contribution in [3.05, 3.63) is 0 Å². The van der Waals surface area contributed by atoms with Gasteiger partial charge in [0, 0.05) is 5.75 Å². The summed E-state index contributed by atoms with van der Waals surface area (Å²) < 4.78 is 9.27. The van der Waals surface area contributed by atoms with Crippen LogP contribution in [0.25, 0.3) is 0 Å². The largest absolute Gasteiger partial charge is 0.420 e. The van der Waals surface area contributed by atoms with Crippen LogP contribution in [-0.2, 0) is 14.3 Å². The number of urea groups is 1. The minimum atomic E-state index is -1.67. The Kier molecular flexibility index (Phi) is 8.44. The molecule has 18 heteroatoms. The number of aliphatic hydroxyl groups excluding tert-OH is 8. The second-order valence-electron chi connectivity index (χ2n) is 10.3. The Labute approximate surface area is 231 Å². The summed E-state index contributed by atoms with van der Waals surface area (Å²) in [6, 6.07) is -3.97. The Morgan fingerprint density at radius 1 is 0.846 bits per heavy atom. The van der Waals surface area contributed by atoms with E-state index in [1.165, 1.54) is 23.5 Å². The molecule has 13 atom stereocenters. The first-order valence-corrected chi connectivity index (χ1v) is 14.6. The molecule has 5 heterocycles. The fourth-order valence-corrected chi connectivity index (χ4v) is 10.0. The SMILES string of the molecule is O=C(NC1C(O)OC(CO)C(O)C1O)[C@@H]1CSC23SCC[N+]2(C(=O)NC2C(O)OC(CO)C(O)C2O)CCN13. The van der Waals surface area contributed by atoms with Crippen molar-refractivity contribution in [3.63, 3.8) is 0 Å². The number of carbonyl (C=O) groups is 2. The second-order valence-corrected chi connectivity index (χ2v) is 13.0. The Balaban J connectivity index is 1.30. The predicted octanol–water partition coefficient (Wildman–Crippen LogP) is -5.98. The van der Waals surface area contributed by atoms with E-state index in [0.717, 1.165) is 0 Å². The van der Waals surface area contributed by atoms with Gasteiger partial charge in [0.25, 0.3) is 4.33 Å². The van der Waals surface area contributed by atoms with Gasteiger partial charge in [-0.2, -0.15) is 0 Å². The standard InChI is InChI=1S/C21H34N4O12S2/c26-5-9-13(28)15(30)11(18(33)36-9)22-17(32)8-7-39-21-24(8)1-2-25(21,3-4-38-21)20(35)23-12-16(31)14(29)10(6-27)37-19(12)34/h8-16,18-19,26-31,33-34H,1-7H2,(H-,22,23,32,35)/p+1/t8-,9?,10?,11?,12?,13?,14?,15?,16?,18?,19?,21?,25?/m0/s1. The maximum Gasteiger partial charge on any atom is 0.420 e. The first kappa shape index (κ1) is 29.6. The first-order valence-electron chi connectivity index (χ1n) is 12.7. The van der Waals surface area contributed by atoms with Gasteiger partial charge in [0.2, 0.25) is 5.91 Å². The molecule has 5 fully saturated rings. The van der Waals surface area contributed by atoms with Crippen molar-refractivity contribution in [1.29, 1.82) is 0 Å². The monoisotopic (exact) mass is 599 g/mol. The van der Waals surface area contributed by atoms with Gasteiger partial charge in [-0.3, -0.25) is 10.1 Å². The van der Waals surface area contributed by atoms with E-state index in [1.54, 1.807) is 0 Å². The number of rotatable bonds is 5. The lowest BCUT2D eigenvalue weighted by Gasteiger charge is -2.43. The number of aliphatic hydroxyl groups is 8. The molecule has 0 bridgehead atoms. The molecule has 5 rings (SSSR count). The first-order chi connectivity index (χ1) is 18.5. The van der Waals surface area contributed by atoms with Crippen LogP contribution in [0.5, 0.6) is 0 Å². The zero-order valence-electron chi connectivity index (χ0n) is 20.7. The van der Waals surface area contributed by atoms with Gasteiger partial charge in [-0.05, 0) is 0 Å². The normalized spacial score (nSPS) is 49.9. The zero-order chi connectivity index (χ0) is 28.3.